The van der Waals surface area contributed by atoms with Crippen molar-refractivity contribution in [2.24, 2.45) is 5.92 Å². The molecule has 0 saturated carbocycles. The first kappa shape index (κ1) is 16.7. The van der Waals surface area contributed by atoms with Crippen molar-refractivity contribution in [3.05, 3.63) is 24.1 Å². The first-order valence-corrected chi connectivity index (χ1v) is 7.78. The van der Waals surface area contributed by atoms with E-state index in [1.807, 2.05) is 0 Å². The van der Waals surface area contributed by atoms with Crippen LogP contribution < -0.4 is 10.6 Å². The number of anilines is 1. The third kappa shape index (κ3) is 4.66. The topological polar surface area (TPSA) is 57.3 Å². The van der Waals surface area contributed by atoms with Gasteiger partial charge in [-0.25, -0.2) is 14.2 Å². The zero-order valence-electron chi connectivity index (χ0n) is 13.5. The van der Waals surface area contributed by atoms with Crippen LogP contribution in [0.15, 0.2) is 18.3 Å². The van der Waals surface area contributed by atoms with E-state index < -0.39 is 5.82 Å². The van der Waals surface area contributed by atoms with Crippen molar-refractivity contribution in [2.45, 2.75) is 39.2 Å². The minimum atomic E-state index is -0.425. The minimum Gasteiger partial charge on any atom is -0.336 e. The van der Waals surface area contributed by atoms with Gasteiger partial charge < -0.3 is 5.32 Å². The van der Waals surface area contributed by atoms with Crippen molar-refractivity contribution in [2.75, 3.05) is 25.0 Å². The van der Waals surface area contributed by atoms with Gasteiger partial charge in [0.05, 0.1) is 6.20 Å². The maximum Gasteiger partial charge on any atom is 0.320 e. The maximum absolute atomic E-state index is 12.8. The molecule has 0 aromatic carbocycles. The Kier molecular flexibility index (Phi) is 5.34. The van der Waals surface area contributed by atoms with E-state index in [1.165, 1.54) is 25.0 Å². The molecule has 0 bridgehead atoms. The van der Waals surface area contributed by atoms with Gasteiger partial charge in [-0.15, -0.1) is 0 Å². The molecule has 2 amide bonds. The summed E-state index contributed by atoms with van der Waals surface area (Å²) in [7, 11) is 0. The first-order chi connectivity index (χ1) is 10.4. The van der Waals surface area contributed by atoms with E-state index in [0.717, 1.165) is 19.3 Å². The van der Waals surface area contributed by atoms with Crippen molar-refractivity contribution in [1.29, 1.82) is 0 Å². The molecule has 6 heteroatoms. The van der Waals surface area contributed by atoms with Gasteiger partial charge in [-0.2, -0.15) is 0 Å². The van der Waals surface area contributed by atoms with Gasteiger partial charge in [0.25, 0.3) is 0 Å². The lowest BCUT2D eigenvalue weighted by molar-refractivity contribution is 0.0728. The van der Waals surface area contributed by atoms with Gasteiger partial charge in [0, 0.05) is 18.6 Å². The van der Waals surface area contributed by atoms with Crippen LogP contribution in [0.3, 0.4) is 0 Å². The number of nitrogens with one attached hydrogen (secondary N) is 2. The van der Waals surface area contributed by atoms with E-state index in [1.54, 1.807) is 0 Å². The summed E-state index contributed by atoms with van der Waals surface area (Å²) >= 11 is 0. The van der Waals surface area contributed by atoms with Gasteiger partial charge in [0.15, 0.2) is 0 Å². The molecule has 5 nitrogen and oxygen atoms in total. The quantitative estimate of drug-likeness (QED) is 0.899. The number of urea groups is 1. The molecule has 2 rings (SSSR count). The van der Waals surface area contributed by atoms with Crippen LogP contribution in [0.4, 0.5) is 15.0 Å². The molecule has 1 aliphatic heterocycles. The Hall–Kier alpha value is -1.69. The molecule has 1 fully saturated rings. The Morgan fingerprint density at radius 3 is 2.91 bits per heavy atom. The molecule has 22 heavy (non-hydrogen) atoms. The summed E-state index contributed by atoms with van der Waals surface area (Å²) < 4.78 is 12.8. The number of hydrogen-bond donors (Lipinski definition) is 2. The van der Waals surface area contributed by atoms with Crippen molar-refractivity contribution < 1.29 is 9.18 Å². The maximum atomic E-state index is 12.8. The van der Waals surface area contributed by atoms with E-state index in [2.05, 4.69) is 41.3 Å². The molecule has 0 radical (unpaired) electrons. The Morgan fingerprint density at radius 2 is 2.27 bits per heavy atom. The van der Waals surface area contributed by atoms with Crippen LogP contribution in [-0.4, -0.2) is 41.1 Å². The molecule has 2 heterocycles. The fourth-order valence-electron chi connectivity index (χ4n) is 2.76. The van der Waals surface area contributed by atoms with Crippen LogP contribution >= 0.6 is 0 Å². The zero-order chi connectivity index (χ0) is 16.2. The highest BCUT2D eigenvalue weighted by atomic mass is 19.1. The van der Waals surface area contributed by atoms with E-state index in [0.29, 0.717) is 18.3 Å². The lowest BCUT2D eigenvalue weighted by Crippen LogP contribution is -2.55. The normalized spacial score (nSPS) is 19.7. The van der Waals surface area contributed by atoms with Crippen LogP contribution in [0.5, 0.6) is 0 Å². The number of carbonyl (C=O) groups excluding carboxylic acids is 1. The number of pyridine rings is 1. The largest absolute Gasteiger partial charge is 0.336 e. The highest BCUT2D eigenvalue weighted by molar-refractivity contribution is 5.88. The van der Waals surface area contributed by atoms with Gasteiger partial charge in [-0.05, 0) is 51.3 Å². The zero-order valence-corrected chi connectivity index (χ0v) is 13.5. The minimum absolute atomic E-state index is 0.0950. The molecule has 1 atom stereocenters. The summed E-state index contributed by atoms with van der Waals surface area (Å²) in [6, 6.07) is 2.38. The predicted molar refractivity (Wildman–Crippen MR) is 85.3 cm³/mol. The molecule has 0 spiro atoms. The van der Waals surface area contributed by atoms with Crippen LogP contribution in [0.25, 0.3) is 0 Å². The van der Waals surface area contributed by atoms with Gasteiger partial charge in [-0.3, -0.25) is 10.2 Å². The number of carbonyl (C=O) groups is 1. The summed E-state index contributed by atoms with van der Waals surface area (Å²) in [5.41, 5.74) is -0.0950. The summed E-state index contributed by atoms with van der Waals surface area (Å²) in [6.45, 7) is 9.23. The average Bonchev–Trinajstić information content (AvgIpc) is 2.48. The fraction of sp³-hybridized carbons (Fsp3) is 0.625. The summed E-state index contributed by atoms with van der Waals surface area (Å²) in [5.74, 6) is 0.611. The second kappa shape index (κ2) is 7.05. The van der Waals surface area contributed by atoms with E-state index in [4.69, 9.17) is 0 Å². The number of nitrogens with zero attached hydrogens (tertiary/aromatic N) is 2. The highest BCUT2D eigenvalue weighted by Gasteiger charge is 2.30. The SMILES string of the molecule is CC1CCCN(C(C)(C)CNC(=O)Nc2ccc(F)cn2)C1. The Balaban J connectivity index is 1.82. The number of halogens is 1. The van der Waals surface area contributed by atoms with Gasteiger partial charge in [-0.1, -0.05) is 6.92 Å². The second-order valence-electron chi connectivity index (χ2n) is 6.68. The van der Waals surface area contributed by atoms with Crippen molar-refractivity contribution in [1.82, 2.24) is 15.2 Å². The predicted octanol–water partition coefficient (Wildman–Crippen LogP) is 2.85. The van der Waals surface area contributed by atoms with Gasteiger partial charge in [0.2, 0.25) is 0 Å². The van der Waals surface area contributed by atoms with Gasteiger partial charge in [0.1, 0.15) is 11.6 Å². The smallest absolute Gasteiger partial charge is 0.320 e. The van der Waals surface area contributed by atoms with Crippen LogP contribution in [0.2, 0.25) is 0 Å². The monoisotopic (exact) mass is 308 g/mol. The van der Waals surface area contributed by atoms with Crippen molar-refractivity contribution in [3.8, 4) is 0 Å². The third-order valence-corrected chi connectivity index (χ3v) is 4.16. The Morgan fingerprint density at radius 1 is 1.50 bits per heavy atom. The Labute approximate surface area is 131 Å². The average molecular weight is 308 g/mol. The number of amides is 2. The lowest BCUT2D eigenvalue weighted by atomic mass is 9.93. The summed E-state index contributed by atoms with van der Waals surface area (Å²) in [5, 5.41) is 5.48. The fourth-order valence-corrected chi connectivity index (χ4v) is 2.76. The van der Waals surface area contributed by atoms with Crippen LogP contribution in [-0.2, 0) is 0 Å². The van der Waals surface area contributed by atoms with E-state index in [-0.39, 0.29) is 11.6 Å². The van der Waals surface area contributed by atoms with E-state index in [9.17, 15) is 9.18 Å². The molecule has 1 unspecified atom stereocenters. The molecule has 0 aliphatic carbocycles. The van der Waals surface area contributed by atoms with Crippen LogP contribution in [0.1, 0.15) is 33.6 Å². The number of likely N-dealkylation sites (tertiary alicyclic amines) is 1. The molecular formula is C16H25FN4O. The van der Waals surface area contributed by atoms with Crippen molar-refractivity contribution in [3.63, 3.8) is 0 Å². The molecule has 122 valence electrons. The molecule has 1 aromatic rings. The lowest BCUT2D eigenvalue weighted by Gasteiger charge is -2.43. The summed E-state index contributed by atoms with van der Waals surface area (Å²) in [6.07, 6.45) is 3.56. The highest BCUT2D eigenvalue weighted by Crippen LogP contribution is 2.23. The molecular weight excluding hydrogens is 283 g/mol. The first-order valence-electron chi connectivity index (χ1n) is 7.78. The summed E-state index contributed by atoms with van der Waals surface area (Å²) in [4.78, 5) is 18.1. The van der Waals surface area contributed by atoms with Crippen molar-refractivity contribution >= 4 is 11.8 Å². The Bertz CT molecular complexity index is 503. The molecule has 1 saturated heterocycles. The second-order valence-corrected chi connectivity index (χ2v) is 6.68. The van der Waals surface area contributed by atoms with E-state index >= 15 is 0 Å². The number of aromatic nitrogens is 1. The number of piperidine rings is 1. The molecule has 1 aliphatic rings. The van der Waals surface area contributed by atoms with Crippen LogP contribution in [0, 0.1) is 11.7 Å². The number of rotatable bonds is 4. The molecule has 1 aromatic heterocycles. The number of hydrogen-bond acceptors (Lipinski definition) is 3. The van der Waals surface area contributed by atoms with Gasteiger partial charge >= 0.3 is 6.03 Å². The molecule has 2 N–H and O–H groups in total. The third-order valence-electron chi connectivity index (χ3n) is 4.16. The standard InChI is InChI=1S/C16H25FN4O/c1-12-5-4-8-21(10-12)16(2,3)11-19-15(22)20-14-7-6-13(17)9-18-14/h6-7,9,12H,4-5,8,10-11H2,1-3H3,(H2,18,19,20,22).